The Balaban J connectivity index is 2.22. The van der Waals surface area contributed by atoms with Crippen LogP contribution in [0.15, 0.2) is 33.3 Å². The molecule has 0 saturated heterocycles. The van der Waals surface area contributed by atoms with Crippen molar-refractivity contribution in [2.45, 2.75) is 0 Å². The lowest BCUT2D eigenvalue weighted by atomic mass is 10.1. The average molecular weight is 504 g/mol. The summed E-state index contributed by atoms with van der Waals surface area (Å²) in [5.41, 5.74) is 6.28. The van der Waals surface area contributed by atoms with Gasteiger partial charge in [0.25, 0.3) is 11.8 Å². The number of carbonyl (C=O) groups is 3. The Morgan fingerprint density at radius 2 is 1.93 bits per heavy atom. The van der Waals surface area contributed by atoms with Crippen molar-refractivity contribution in [2.75, 3.05) is 25.0 Å². The Hall–Kier alpha value is -2.37. The van der Waals surface area contributed by atoms with E-state index in [-0.39, 0.29) is 24.5 Å². The zero-order chi connectivity index (χ0) is 20.0. The number of aromatic amines is 1. The molecule has 0 unspecified atom stereocenters. The molecule has 0 atom stereocenters. The van der Waals surface area contributed by atoms with Gasteiger partial charge in [-0.15, -0.1) is 0 Å². The Morgan fingerprint density at radius 3 is 2.52 bits per heavy atom. The number of H-pyrrole nitrogens is 1. The molecule has 0 aliphatic heterocycles. The number of nitrogens with one attached hydrogen (secondary N) is 3. The summed E-state index contributed by atoms with van der Waals surface area (Å²) >= 11 is 6.55. The molecule has 0 spiro atoms. The highest BCUT2D eigenvalue weighted by Crippen LogP contribution is 2.28. The minimum atomic E-state index is -1.16. The van der Waals surface area contributed by atoms with Crippen molar-refractivity contribution in [2.24, 2.45) is 5.73 Å². The number of nitrogens with two attached hydrogens (primary N) is 1. The topological polar surface area (TPSA) is 147 Å². The number of aromatic nitrogens is 1. The second-order valence-corrected chi connectivity index (χ2v) is 6.87. The fourth-order valence-electron chi connectivity index (χ4n) is 2.03. The van der Waals surface area contributed by atoms with Gasteiger partial charge in [0.05, 0.1) is 14.8 Å². The Kier molecular flexibility index (Phi) is 7.39. The first-order valence-corrected chi connectivity index (χ1v) is 9.22. The molecule has 6 N–H and O–H groups in total. The first kappa shape index (κ1) is 20.9. The fraction of sp³-hybridized carbons (Fsp3) is 0.188. The second-order valence-electron chi connectivity index (χ2n) is 5.22. The van der Waals surface area contributed by atoms with Crippen LogP contribution in [0.5, 0.6) is 5.75 Å². The molecule has 2 rings (SSSR count). The van der Waals surface area contributed by atoms with Gasteiger partial charge in [-0.1, -0.05) is 0 Å². The molecule has 144 valence electrons. The van der Waals surface area contributed by atoms with Gasteiger partial charge >= 0.3 is 5.97 Å². The highest BCUT2D eigenvalue weighted by molar-refractivity contribution is 9.13. The molecule has 2 aromatic rings. The summed E-state index contributed by atoms with van der Waals surface area (Å²) < 4.78 is 6.82. The molecule has 2 amide bonds. The van der Waals surface area contributed by atoms with E-state index in [2.05, 4.69) is 47.5 Å². The molecule has 0 saturated carbocycles. The predicted molar refractivity (Wildman–Crippen MR) is 105 cm³/mol. The van der Waals surface area contributed by atoms with Crippen molar-refractivity contribution < 1.29 is 24.2 Å². The zero-order valence-electron chi connectivity index (χ0n) is 13.8. The van der Waals surface area contributed by atoms with Crippen LogP contribution in [-0.2, 0) is 4.79 Å². The highest BCUT2D eigenvalue weighted by atomic mass is 79.9. The number of carboxylic acid groups (broad SMARTS) is 1. The minimum Gasteiger partial charge on any atom is -0.490 e. The molecule has 0 aliphatic carbocycles. The molecule has 1 aromatic carbocycles. The maximum Gasteiger partial charge on any atom is 0.322 e. The molecule has 9 nitrogen and oxygen atoms in total. The molecule has 27 heavy (non-hydrogen) atoms. The van der Waals surface area contributed by atoms with Gasteiger partial charge in [0.2, 0.25) is 0 Å². The largest absolute Gasteiger partial charge is 0.490 e. The third-order valence-corrected chi connectivity index (χ3v) is 5.02. The van der Waals surface area contributed by atoms with E-state index in [1.54, 1.807) is 6.07 Å². The lowest BCUT2D eigenvalue weighted by molar-refractivity contribution is -0.135. The normalized spacial score (nSPS) is 10.3. The number of halogens is 2. The lowest BCUT2D eigenvalue weighted by Gasteiger charge is -2.13. The number of anilines is 1. The van der Waals surface area contributed by atoms with E-state index in [0.29, 0.717) is 20.5 Å². The van der Waals surface area contributed by atoms with Gasteiger partial charge in [-0.3, -0.25) is 14.4 Å². The average Bonchev–Trinajstić information content (AvgIpc) is 2.97. The summed E-state index contributed by atoms with van der Waals surface area (Å²) in [6.45, 7) is -0.102. The lowest BCUT2D eigenvalue weighted by Crippen LogP contribution is -2.29. The predicted octanol–water partition coefficient (Wildman–Crippen LogP) is 1.94. The van der Waals surface area contributed by atoms with Crippen molar-refractivity contribution in [1.82, 2.24) is 10.3 Å². The second kappa shape index (κ2) is 9.53. The van der Waals surface area contributed by atoms with Gasteiger partial charge < -0.3 is 31.2 Å². The maximum atomic E-state index is 12.4. The highest BCUT2D eigenvalue weighted by Gasteiger charge is 2.16. The van der Waals surface area contributed by atoms with Crippen molar-refractivity contribution in [3.05, 3.63) is 44.6 Å². The fourth-order valence-corrected chi connectivity index (χ4v) is 2.69. The first-order chi connectivity index (χ1) is 12.8. The summed E-state index contributed by atoms with van der Waals surface area (Å²) in [6, 6.07) is 5.95. The summed E-state index contributed by atoms with van der Waals surface area (Å²) in [6.07, 6.45) is 0. The van der Waals surface area contributed by atoms with E-state index in [9.17, 15) is 14.4 Å². The number of hydrogen-bond donors (Lipinski definition) is 5. The smallest absolute Gasteiger partial charge is 0.322 e. The van der Waals surface area contributed by atoms with Crippen LogP contribution >= 0.6 is 31.9 Å². The number of hydrogen-bond acceptors (Lipinski definition) is 5. The number of rotatable bonds is 8. The van der Waals surface area contributed by atoms with E-state index < -0.39 is 24.3 Å². The Labute approximate surface area is 170 Å². The number of ether oxygens (including phenoxy) is 1. The number of carbonyl (C=O) groups excluding carboxylic acids is 2. The van der Waals surface area contributed by atoms with E-state index in [4.69, 9.17) is 15.6 Å². The first-order valence-electron chi connectivity index (χ1n) is 7.64. The molecule has 1 aromatic heterocycles. The summed E-state index contributed by atoms with van der Waals surface area (Å²) in [7, 11) is 0. The van der Waals surface area contributed by atoms with Crippen LogP contribution < -0.4 is 21.1 Å². The zero-order valence-corrected chi connectivity index (χ0v) is 17.0. The number of benzene rings is 1. The van der Waals surface area contributed by atoms with Crippen LogP contribution in [0.2, 0.25) is 0 Å². The third-order valence-electron chi connectivity index (χ3n) is 3.24. The quantitative estimate of drug-likeness (QED) is 0.372. The van der Waals surface area contributed by atoms with Gasteiger partial charge in [-0.25, -0.2) is 0 Å². The minimum absolute atomic E-state index is 0.169. The van der Waals surface area contributed by atoms with Crippen LogP contribution in [0.3, 0.4) is 0 Å². The van der Waals surface area contributed by atoms with E-state index in [0.717, 1.165) is 0 Å². The van der Waals surface area contributed by atoms with Gasteiger partial charge in [0.15, 0.2) is 0 Å². The Morgan fingerprint density at radius 1 is 1.19 bits per heavy atom. The van der Waals surface area contributed by atoms with Gasteiger partial charge in [-0.05, 0) is 56.1 Å². The SMILES string of the molecule is NCCOc1cc(C(=O)NCC(=O)O)ccc1NC(=O)c1cc(Br)c(Br)[nH]1. The monoisotopic (exact) mass is 502 g/mol. The van der Waals surface area contributed by atoms with Gasteiger partial charge in [0.1, 0.15) is 24.6 Å². The third kappa shape index (κ3) is 5.81. The molecule has 0 bridgehead atoms. The van der Waals surface area contributed by atoms with E-state index >= 15 is 0 Å². The van der Waals surface area contributed by atoms with Crippen molar-refractivity contribution in [3.8, 4) is 5.75 Å². The summed E-state index contributed by atoms with van der Waals surface area (Å²) in [5.74, 6) is -1.91. The summed E-state index contributed by atoms with van der Waals surface area (Å²) in [5, 5.41) is 13.6. The summed E-state index contributed by atoms with van der Waals surface area (Å²) in [4.78, 5) is 37.8. The van der Waals surface area contributed by atoms with Crippen molar-refractivity contribution >= 4 is 55.3 Å². The Bertz CT molecular complexity index is 849. The van der Waals surface area contributed by atoms with Gasteiger partial charge in [-0.2, -0.15) is 0 Å². The van der Waals surface area contributed by atoms with Crippen LogP contribution in [0.25, 0.3) is 0 Å². The van der Waals surface area contributed by atoms with E-state index in [1.165, 1.54) is 18.2 Å². The van der Waals surface area contributed by atoms with Crippen LogP contribution in [-0.4, -0.2) is 47.6 Å². The molecule has 0 fully saturated rings. The van der Waals surface area contributed by atoms with Crippen LogP contribution in [0.4, 0.5) is 5.69 Å². The van der Waals surface area contributed by atoms with Crippen LogP contribution in [0.1, 0.15) is 20.8 Å². The standard InChI is InChI=1S/C16H16Br2N4O5/c17-9-6-11(21-14(9)18)16(26)22-10-2-1-8(5-12(10)27-4-3-19)15(25)20-7-13(23)24/h1-2,5-6,21H,3-4,7,19H2,(H,20,25)(H,22,26)(H,23,24). The molecular weight excluding hydrogens is 488 g/mol. The maximum absolute atomic E-state index is 12.4. The van der Waals surface area contributed by atoms with Gasteiger partial charge in [0, 0.05) is 12.1 Å². The molecule has 1 heterocycles. The van der Waals surface area contributed by atoms with Crippen LogP contribution in [0, 0.1) is 0 Å². The molecule has 11 heteroatoms. The van der Waals surface area contributed by atoms with Crippen molar-refractivity contribution in [3.63, 3.8) is 0 Å². The number of amides is 2. The molecule has 0 radical (unpaired) electrons. The molecular formula is C16H16Br2N4O5. The number of aliphatic carboxylic acids is 1. The molecule has 0 aliphatic rings. The van der Waals surface area contributed by atoms with E-state index in [1.807, 2.05) is 0 Å². The number of carboxylic acids is 1. The van der Waals surface area contributed by atoms with Crippen molar-refractivity contribution in [1.29, 1.82) is 0 Å².